The molecule has 3 nitrogen and oxygen atoms in total. The van der Waals surface area contributed by atoms with E-state index < -0.39 is 0 Å². The van der Waals surface area contributed by atoms with E-state index in [9.17, 15) is 4.79 Å². The number of hydrogen-bond donors (Lipinski definition) is 1. The van der Waals surface area contributed by atoms with Gasteiger partial charge in [-0.15, -0.1) is 0 Å². The number of hydrogen-bond acceptors (Lipinski definition) is 1. The van der Waals surface area contributed by atoms with Crippen LogP contribution in [0.15, 0.2) is 116 Å². The number of nitrogens with one attached hydrogen (secondary N) is 1. The molecule has 4 aromatic rings. The minimum Gasteiger partial charge on any atom is -0.340 e. The number of pyridine rings is 1. The molecule has 0 atom stereocenters. The van der Waals surface area contributed by atoms with Crippen molar-refractivity contribution < 1.29 is 9.36 Å². The molecule has 1 amide bonds. The number of carbonyl (C=O) groups excluding carboxylic acids is 1. The average Bonchev–Trinajstić information content (AvgIpc) is 2.79. The lowest BCUT2D eigenvalue weighted by molar-refractivity contribution is -0.684. The van der Waals surface area contributed by atoms with Crippen molar-refractivity contribution in [2.45, 2.75) is 12.6 Å². The van der Waals surface area contributed by atoms with E-state index in [4.69, 9.17) is 0 Å². The Morgan fingerprint density at radius 3 is 1.79 bits per heavy atom. The van der Waals surface area contributed by atoms with E-state index >= 15 is 0 Å². The fraction of sp³-hybridized carbons (Fsp3) is 0.0769. The Morgan fingerprint density at radius 2 is 1.21 bits per heavy atom. The summed E-state index contributed by atoms with van der Waals surface area (Å²) in [6.45, 7) is 0.261. The summed E-state index contributed by atoms with van der Waals surface area (Å²) in [4.78, 5) is 12.9. The van der Waals surface area contributed by atoms with E-state index in [-0.39, 0.29) is 18.5 Å². The number of rotatable bonds is 6. The van der Waals surface area contributed by atoms with E-state index in [1.165, 1.54) is 0 Å². The zero-order chi connectivity index (χ0) is 19.9. The van der Waals surface area contributed by atoms with Crippen LogP contribution in [0, 0.1) is 0 Å². The highest BCUT2D eigenvalue weighted by Gasteiger charge is 2.19. The van der Waals surface area contributed by atoms with Gasteiger partial charge in [-0.1, -0.05) is 91.0 Å². The number of aromatic nitrogens is 1. The topological polar surface area (TPSA) is 33.0 Å². The molecule has 0 fully saturated rings. The van der Waals surface area contributed by atoms with Gasteiger partial charge in [-0.2, -0.15) is 4.57 Å². The Hall–Kier alpha value is -3.72. The largest absolute Gasteiger partial charge is 0.340 e. The normalized spacial score (nSPS) is 10.7. The van der Waals surface area contributed by atoms with Gasteiger partial charge in [0, 0.05) is 11.6 Å². The Labute approximate surface area is 171 Å². The lowest BCUT2D eigenvalue weighted by atomic mass is 9.99. The molecule has 1 aromatic heterocycles. The van der Waals surface area contributed by atoms with Crippen molar-refractivity contribution in [2.75, 3.05) is 0 Å². The first kappa shape index (κ1) is 18.6. The second-order valence-electron chi connectivity index (χ2n) is 6.95. The molecule has 0 bridgehead atoms. The van der Waals surface area contributed by atoms with Crippen LogP contribution in [0.4, 0.5) is 0 Å². The molecule has 0 aliphatic rings. The van der Waals surface area contributed by atoms with Crippen molar-refractivity contribution in [3.63, 3.8) is 0 Å². The highest BCUT2D eigenvalue weighted by molar-refractivity contribution is 5.75. The van der Waals surface area contributed by atoms with Crippen molar-refractivity contribution in [1.82, 2.24) is 5.32 Å². The van der Waals surface area contributed by atoms with Gasteiger partial charge in [-0.05, 0) is 22.8 Å². The van der Waals surface area contributed by atoms with Crippen LogP contribution in [-0.2, 0) is 11.3 Å². The summed E-state index contributed by atoms with van der Waals surface area (Å²) in [7, 11) is 0. The summed E-state index contributed by atoms with van der Waals surface area (Å²) in [6.07, 6.45) is 3.93. The number of carbonyl (C=O) groups is 1. The fourth-order valence-electron chi connectivity index (χ4n) is 3.44. The van der Waals surface area contributed by atoms with Crippen LogP contribution in [0.3, 0.4) is 0 Å². The van der Waals surface area contributed by atoms with Gasteiger partial charge in [0.2, 0.25) is 6.54 Å². The summed E-state index contributed by atoms with van der Waals surface area (Å²) in [5, 5.41) is 3.20. The summed E-state index contributed by atoms with van der Waals surface area (Å²) < 4.78 is 1.92. The quantitative estimate of drug-likeness (QED) is 0.490. The smallest absolute Gasteiger partial charge is 0.286 e. The molecular formula is C26H23N2O+. The molecule has 0 aliphatic heterocycles. The summed E-state index contributed by atoms with van der Waals surface area (Å²) in [5.74, 6) is -0.0297. The maximum Gasteiger partial charge on any atom is 0.286 e. The van der Waals surface area contributed by atoms with Crippen molar-refractivity contribution in [2.24, 2.45) is 0 Å². The molecule has 3 heteroatoms. The van der Waals surface area contributed by atoms with E-state index in [1.54, 1.807) is 0 Å². The molecule has 0 radical (unpaired) electrons. The monoisotopic (exact) mass is 379 g/mol. The van der Waals surface area contributed by atoms with Crippen molar-refractivity contribution in [3.05, 3.63) is 127 Å². The molecule has 0 aliphatic carbocycles. The van der Waals surface area contributed by atoms with Gasteiger partial charge in [-0.3, -0.25) is 4.79 Å². The Morgan fingerprint density at radius 1 is 0.690 bits per heavy atom. The van der Waals surface area contributed by atoms with Gasteiger partial charge in [0.25, 0.3) is 5.91 Å². The van der Waals surface area contributed by atoms with E-state index in [2.05, 4.69) is 23.5 Å². The van der Waals surface area contributed by atoms with Crippen LogP contribution in [0.25, 0.3) is 11.1 Å². The summed E-state index contributed by atoms with van der Waals surface area (Å²) in [5.41, 5.74) is 4.35. The first-order valence-electron chi connectivity index (χ1n) is 9.73. The van der Waals surface area contributed by atoms with Crippen LogP contribution in [0.5, 0.6) is 0 Å². The van der Waals surface area contributed by atoms with Gasteiger partial charge in [-0.25, -0.2) is 0 Å². The minimum atomic E-state index is -0.178. The first-order valence-corrected chi connectivity index (χ1v) is 9.73. The van der Waals surface area contributed by atoms with Crippen molar-refractivity contribution >= 4 is 5.91 Å². The predicted octanol–water partition coefficient (Wildman–Crippen LogP) is 4.55. The molecular weight excluding hydrogens is 356 g/mol. The van der Waals surface area contributed by atoms with Gasteiger partial charge in [0.05, 0.1) is 6.04 Å². The van der Waals surface area contributed by atoms with Crippen LogP contribution < -0.4 is 9.88 Å². The van der Waals surface area contributed by atoms with E-state index in [0.29, 0.717) is 0 Å². The predicted molar refractivity (Wildman–Crippen MR) is 115 cm³/mol. The number of benzene rings is 3. The number of amides is 1. The standard InChI is InChI=1S/C26H22N2O/c29-25(20-28-18-10-17-24(19-28)21-11-4-1-5-12-21)27-26(22-13-6-2-7-14-22)23-15-8-3-9-16-23/h1-19,26H,20H2/p+1. The zero-order valence-electron chi connectivity index (χ0n) is 16.1. The molecule has 3 aromatic carbocycles. The Balaban J connectivity index is 1.53. The summed E-state index contributed by atoms with van der Waals surface area (Å²) in [6, 6.07) is 34.2. The maximum absolute atomic E-state index is 12.9. The van der Waals surface area contributed by atoms with Gasteiger partial charge in [0.15, 0.2) is 12.4 Å². The third-order valence-corrected chi connectivity index (χ3v) is 4.86. The molecule has 142 valence electrons. The van der Waals surface area contributed by atoms with Crippen LogP contribution in [-0.4, -0.2) is 5.91 Å². The molecule has 0 unspecified atom stereocenters. The molecule has 29 heavy (non-hydrogen) atoms. The second-order valence-corrected chi connectivity index (χ2v) is 6.95. The molecule has 0 spiro atoms. The van der Waals surface area contributed by atoms with E-state index in [1.807, 2.05) is 102 Å². The van der Waals surface area contributed by atoms with Crippen molar-refractivity contribution in [3.8, 4) is 11.1 Å². The lowest BCUT2D eigenvalue weighted by Crippen LogP contribution is -2.43. The molecule has 1 heterocycles. The minimum absolute atomic E-state index is 0.0297. The fourth-order valence-corrected chi connectivity index (χ4v) is 3.44. The van der Waals surface area contributed by atoms with Crippen LogP contribution in [0.1, 0.15) is 17.2 Å². The Bertz CT molecular complexity index is 1020. The molecule has 0 saturated heterocycles. The first-order chi connectivity index (χ1) is 14.3. The molecule has 0 saturated carbocycles. The maximum atomic E-state index is 12.9. The third-order valence-electron chi connectivity index (χ3n) is 4.86. The number of nitrogens with zero attached hydrogens (tertiary/aromatic N) is 1. The second kappa shape index (κ2) is 8.98. The lowest BCUT2D eigenvalue weighted by Gasteiger charge is -2.19. The van der Waals surface area contributed by atoms with E-state index in [0.717, 1.165) is 22.3 Å². The van der Waals surface area contributed by atoms with Gasteiger partial charge in [0.1, 0.15) is 0 Å². The SMILES string of the molecule is O=C(C[n+]1cccc(-c2ccccc2)c1)NC(c1ccccc1)c1ccccc1. The average molecular weight is 379 g/mol. The highest BCUT2D eigenvalue weighted by atomic mass is 16.2. The zero-order valence-corrected chi connectivity index (χ0v) is 16.1. The molecule has 1 N–H and O–H groups in total. The highest BCUT2D eigenvalue weighted by Crippen LogP contribution is 2.21. The molecule has 4 rings (SSSR count). The van der Waals surface area contributed by atoms with Crippen LogP contribution >= 0.6 is 0 Å². The van der Waals surface area contributed by atoms with Crippen molar-refractivity contribution in [1.29, 1.82) is 0 Å². The summed E-state index contributed by atoms with van der Waals surface area (Å²) >= 11 is 0. The van der Waals surface area contributed by atoms with Gasteiger partial charge >= 0.3 is 0 Å². The third kappa shape index (κ3) is 4.77. The van der Waals surface area contributed by atoms with Gasteiger partial charge < -0.3 is 5.32 Å². The van der Waals surface area contributed by atoms with Crippen LogP contribution in [0.2, 0.25) is 0 Å². The Kier molecular flexibility index (Phi) is 5.77.